The summed E-state index contributed by atoms with van der Waals surface area (Å²) in [6.45, 7) is 4.50. The minimum Gasteiger partial charge on any atom is -0.0798 e. The number of allylic oxidation sites excluding steroid dienone is 3. The monoisotopic (exact) mass is 516 g/mol. The summed E-state index contributed by atoms with van der Waals surface area (Å²) in [7, 11) is 0. The summed E-state index contributed by atoms with van der Waals surface area (Å²) < 4.78 is 0. The van der Waals surface area contributed by atoms with E-state index in [1.54, 1.807) is 0 Å². The standard InChI is InChI=1S/C40H36/c1-31(2)29-39(30-32-18-8-3-9-19-32)38(28-37(33-20-10-4-11-21-33)34-22-12-5-13-23-34)40(39,35-24-14-6-15-25-35)36-26-16-7-17-27-36/h3-29,38H,30H2,1-2H3/t38-,39-/m0/s1. The Balaban J connectivity index is 1.67. The lowest BCUT2D eigenvalue weighted by Crippen LogP contribution is -2.21. The van der Waals surface area contributed by atoms with Gasteiger partial charge in [-0.15, -0.1) is 0 Å². The number of hydrogen-bond acceptors (Lipinski definition) is 0. The first-order chi connectivity index (χ1) is 19.6. The summed E-state index contributed by atoms with van der Waals surface area (Å²) in [5.41, 5.74) is 8.91. The minimum atomic E-state index is -0.211. The van der Waals surface area contributed by atoms with Crippen LogP contribution in [0.2, 0.25) is 0 Å². The molecule has 2 atom stereocenters. The molecule has 0 unspecified atom stereocenters. The van der Waals surface area contributed by atoms with Gasteiger partial charge in [0, 0.05) is 16.7 Å². The average molecular weight is 517 g/mol. The van der Waals surface area contributed by atoms with Gasteiger partial charge in [-0.05, 0) is 53.7 Å². The fraction of sp³-hybridized carbons (Fsp3) is 0.150. The fourth-order valence-electron chi connectivity index (χ4n) is 7.04. The molecule has 5 aromatic carbocycles. The van der Waals surface area contributed by atoms with Crippen LogP contribution in [0.4, 0.5) is 0 Å². The molecule has 0 spiro atoms. The maximum atomic E-state index is 2.59. The molecule has 0 radical (unpaired) electrons. The molecule has 0 aromatic heterocycles. The van der Waals surface area contributed by atoms with Gasteiger partial charge in [-0.1, -0.05) is 169 Å². The highest BCUT2D eigenvalue weighted by molar-refractivity contribution is 5.81. The largest absolute Gasteiger partial charge is 0.0798 e. The lowest BCUT2D eigenvalue weighted by Gasteiger charge is -2.26. The van der Waals surface area contributed by atoms with Gasteiger partial charge < -0.3 is 0 Å². The van der Waals surface area contributed by atoms with Crippen molar-refractivity contribution in [3.8, 4) is 0 Å². The predicted octanol–water partition coefficient (Wildman–Crippen LogP) is 9.93. The van der Waals surface area contributed by atoms with Crippen LogP contribution >= 0.6 is 0 Å². The summed E-state index contributed by atoms with van der Waals surface area (Å²) in [5.74, 6) is 0.246. The topological polar surface area (TPSA) is 0 Å². The van der Waals surface area contributed by atoms with Crippen molar-refractivity contribution in [3.05, 3.63) is 197 Å². The van der Waals surface area contributed by atoms with Crippen LogP contribution in [-0.4, -0.2) is 0 Å². The van der Waals surface area contributed by atoms with Crippen LogP contribution in [0.1, 0.15) is 41.7 Å². The van der Waals surface area contributed by atoms with Crippen LogP contribution in [0, 0.1) is 11.3 Å². The highest BCUT2D eigenvalue weighted by atomic mass is 14.8. The van der Waals surface area contributed by atoms with Crippen molar-refractivity contribution in [2.24, 2.45) is 11.3 Å². The molecule has 6 rings (SSSR count). The smallest absolute Gasteiger partial charge is 0.0374 e. The Hall–Kier alpha value is -4.42. The molecule has 0 heteroatoms. The van der Waals surface area contributed by atoms with E-state index >= 15 is 0 Å². The molecule has 1 saturated carbocycles. The molecule has 0 N–H and O–H groups in total. The molecular weight excluding hydrogens is 480 g/mol. The molecular formula is C40H36. The lowest BCUT2D eigenvalue weighted by molar-refractivity contribution is 0.545. The van der Waals surface area contributed by atoms with Crippen LogP contribution in [0.5, 0.6) is 0 Å². The van der Waals surface area contributed by atoms with Crippen molar-refractivity contribution in [3.63, 3.8) is 0 Å². The van der Waals surface area contributed by atoms with Crippen LogP contribution in [0.15, 0.2) is 169 Å². The Morgan fingerprint density at radius 3 is 1.38 bits per heavy atom. The van der Waals surface area contributed by atoms with E-state index < -0.39 is 0 Å². The van der Waals surface area contributed by atoms with Crippen LogP contribution in [0.25, 0.3) is 5.57 Å². The third-order valence-corrected chi connectivity index (χ3v) is 8.52. The molecule has 0 nitrogen and oxygen atoms in total. The van der Waals surface area contributed by atoms with Gasteiger partial charge in [0.05, 0.1) is 0 Å². The second-order valence-electron chi connectivity index (χ2n) is 11.3. The van der Waals surface area contributed by atoms with Gasteiger partial charge in [-0.3, -0.25) is 0 Å². The number of hydrogen-bond donors (Lipinski definition) is 0. The first kappa shape index (κ1) is 25.8. The molecule has 1 aliphatic rings. The van der Waals surface area contributed by atoms with Crippen molar-refractivity contribution in [1.29, 1.82) is 0 Å². The maximum absolute atomic E-state index is 2.59. The summed E-state index contributed by atoms with van der Waals surface area (Å²) in [6, 6.07) is 55.2. The van der Waals surface area contributed by atoms with Crippen molar-refractivity contribution < 1.29 is 0 Å². The van der Waals surface area contributed by atoms with E-state index in [0.29, 0.717) is 0 Å². The highest BCUT2D eigenvalue weighted by Gasteiger charge is 2.75. The Morgan fingerprint density at radius 2 is 0.950 bits per heavy atom. The van der Waals surface area contributed by atoms with E-state index in [0.717, 1.165) is 6.42 Å². The molecule has 0 heterocycles. The van der Waals surface area contributed by atoms with E-state index in [4.69, 9.17) is 0 Å². The molecule has 0 bridgehead atoms. The summed E-state index contributed by atoms with van der Waals surface area (Å²) >= 11 is 0. The van der Waals surface area contributed by atoms with Gasteiger partial charge in [-0.25, -0.2) is 0 Å². The van der Waals surface area contributed by atoms with Gasteiger partial charge >= 0.3 is 0 Å². The molecule has 1 fully saturated rings. The predicted molar refractivity (Wildman–Crippen MR) is 169 cm³/mol. The quantitative estimate of drug-likeness (QED) is 0.180. The Morgan fingerprint density at radius 1 is 0.550 bits per heavy atom. The zero-order valence-corrected chi connectivity index (χ0v) is 23.4. The van der Waals surface area contributed by atoms with Gasteiger partial charge in [0.1, 0.15) is 0 Å². The van der Waals surface area contributed by atoms with Crippen LogP contribution in [0.3, 0.4) is 0 Å². The normalized spacial score (nSPS) is 18.9. The first-order valence-electron chi connectivity index (χ1n) is 14.3. The third-order valence-electron chi connectivity index (χ3n) is 8.52. The van der Waals surface area contributed by atoms with E-state index in [2.05, 4.69) is 178 Å². The van der Waals surface area contributed by atoms with E-state index in [-0.39, 0.29) is 16.7 Å². The van der Waals surface area contributed by atoms with E-state index in [1.165, 1.54) is 39.0 Å². The molecule has 0 aliphatic heterocycles. The molecule has 40 heavy (non-hydrogen) atoms. The molecule has 0 saturated heterocycles. The molecule has 1 aliphatic carbocycles. The summed E-state index contributed by atoms with van der Waals surface area (Å²) in [5, 5.41) is 0. The average Bonchev–Trinajstić information content (AvgIpc) is 3.56. The number of rotatable bonds is 8. The number of benzene rings is 5. The van der Waals surface area contributed by atoms with Gasteiger partial charge in [0.2, 0.25) is 0 Å². The van der Waals surface area contributed by atoms with E-state index in [9.17, 15) is 0 Å². The Labute approximate surface area is 239 Å². The zero-order valence-electron chi connectivity index (χ0n) is 23.4. The Bertz CT molecular complexity index is 1510. The zero-order chi connectivity index (χ0) is 27.4. The molecule has 5 aromatic rings. The fourth-order valence-corrected chi connectivity index (χ4v) is 7.04. The van der Waals surface area contributed by atoms with Crippen LogP contribution < -0.4 is 0 Å². The molecule has 0 amide bonds. The maximum Gasteiger partial charge on any atom is 0.0374 e. The first-order valence-corrected chi connectivity index (χ1v) is 14.3. The summed E-state index contributed by atoms with van der Waals surface area (Å²) in [4.78, 5) is 0. The highest BCUT2D eigenvalue weighted by Crippen LogP contribution is 2.76. The van der Waals surface area contributed by atoms with Crippen molar-refractivity contribution in [2.75, 3.05) is 0 Å². The van der Waals surface area contributed by atoms with E-state index in [1.807, 2.05) is 0 Å². The van der Waals surface area contributed by atoms with Crippen molar-refractivity contribution in [1.82, 2.24) is 0 Å². The minimum absolute atomic E-state index is 0.134. The third kappa shape index (κ3) is 4.54. The SMILES string of the molecule is CC(C)=C[C@]1(Cc2ccccc2)[C@H](C=C(c2ccccc2)c2ccccc2)C1(c1ccccc1)c1ccccc1. The van der Waals surface area contributed by atoms with Crippen molar-refractivity contribution >= 4 is 5.57 Å². The lowest BCUT2D eigenvalue weighted by atomic mass is 9.77. The second-order valence-corrected chi connectivity index (χ2v) is 11.3. The Kier molecular flexibility index (Phi) is 7.10. The second kappa shape index (κ2) is 11.0. The van der Waals surface area contributed by atoms with Gasteiger partial charge in [-0.2, -0.15) is 0 Å². The molecule has 196 valence electrons. The van der Waals surface area contributed by atoms with Gasteiger partial charge in [0.25, 0.3) is 0 Å². The van der Waals surface area contributed by atoms with Crippen LogP contribution in [-0.2, 0) is 11.8 Å². The van der Waals surface area contributed by atoms with Crippen molar-refractivity contribution in [2.45, 2.75) is 25.7 Å². The van der Waals surface area contributed by atoms with Gasteiger partial charge in [0.15, 0.2) is 0 Å². The summed E-state index contributed by atoms with van der Waals surface area (Å²) in [6.07, 6.45) is 6.13.